The van der Waals surface area contributed by atoms with E-state index < -0.39 is 12.0 Å². The Morgan fingerprint density at radius 3 is 2.47 bits per heavy atom. The van der Waals surface area contributed by atoms with Crippen LogP contribution in [-0.4, -0.2) is 17.1 Å². The fourth-order valence-corrected chi connectivity index (χ4v) is 6.69. The Morgan fingerprint density at radius 1 is 0.977 bits per heavy atom. The average molecular weight is 630 g/mol. The van der Waals surface area contributed by atoms with E-state index in [0.717, 1.165) is 21.9 Å². The van der Waals surface area contributed by atoms with E-state index in [-0.39, 0.29) is 24.3 Å². The molecule has 0 N–H and O–H groups in total. The van der Waals surface area contributed by atoms with Gasteiger partial charge in [-0.25, -0.2) is 9.79 Å². The number of aromatic nitrogens is 1. The summed E-state index contributed by atoms with van der Waals surface area (Å²) in [7, 11) is 0. The molecule has 0 bridgehead atoms. The number of fused-ring (bicyclic) bond motifs is 2. The van der Waals surface area contributed by atoms with Crippen LogP contribution in [0.3, 0.4) is 0 Å². The quantitative estimate of drug-likeness (QED) is 0.185. The van der Waals surface area contributed by atoms with Crippen molar-refractivity contribution in [3.8, 4) is 5.75 Å². The van der Waals surface area contributed by atoms with Gasteiger partial charge >= 0.3 is 5.97 Å². The van der Waals surface area contributed by atoms with Crippen LogP contribution < -0.4 is 19.6 Å². The number of ether oxygens (including phenoxy) is 2. The van der Waals surface area contributed by atoms with Gasteiger partial charge < -0.3 is 9.47 Å². The first kappa shape index (κ1) is 28.9. The Bertz CT molecular complexity index is 2100. The van der Waals surface area contributed by atoms with Crippen LogP contribution in [0, 0.1) is 0 Å². The minimum absolute atomic E-state index is 0.188. The van der Waals surface area contributed by atoms with Crippen LogP contribution in [0.1, 0.15) is 36.6 Å². The third kappa shape index (κ3) is 5.52. The highest BCUT2D eigenvalue weighted by molar-refractivity contribution is 7.07. The summed E-state index contributed by atoms with van der Waals surface area (Å²) >= 11 is 14.3. The highest BCUT2D eigenvalue weighted by Crippen LogP contribution is 2.35. The lowest BCUT2D eigenvalue weighted by molar-refractivity contribution is -0.139. The van der Waals surface area contributed by atoms with Crippen LogP contribution in [0.25, 0.3) is 16.8 Å². The highest BCUT2D eigenvalue weighted by atomic mass is 35.5. The first-order valence-electron chi connectivity index (χ1n) is 13.7. The van der Waals surface area contributed by atoms with E-state index >= 15 is 0 Å². The monoisotopic (exact) mass is 628 g/mol. The van der Waals surface area contributed by atoms with Crippen molar-refractivity contribution in [3.05, 3.63) is 143 Å². The van der Waals surface area contributed by atoms with Crippen molar-refractivity contribution in [2.75, 3.05) is 6.61 Å². The summed E-state index contributed by atoms with van der Waals surface area (Å²) in [6.45, 7) is 3.93. The van der Waals surface area contributed by atoms with Gasteiger partial charge in [-0.3, -0.25) is 9.36 Å². The molecule has 43 heavy (non-hydrogen) atoms. The zero-order chi connectivity index (χ0) is 30.1. The second-order valence-electron chi connectivity index (χ2n) is 9.90. The van der Waals surface area contributed by atoms with Gasteiger partial charge in [0.1, 0.15) is 18.4 Å². The van der Waals surface area contributed by atoms with E-state index in [1.165, 1.54) is 15.9 Å². The van der Waals surface area contributed by atoms with E-state index in [4.69, 9.17) is 32.7 Å². The van der Waals surface area contributed by atoms with Crippen molar-refractivity contribution in [2.45, 2.75) is 26.5 Å². The maximum atomic E-state index is 14.2. The summed E-state index contributed by atoms with van der Waals surface area (Å²) in [5.74, 6) is 0.0720. The molecule has 0 unspecified atom stereocenters. The van der Waals surface area contributed by atoms with Gasteiger partial charge in [0, 0.05) is 21.2 Å². The second-order valence-corrected chi connectivity index (χ2v) is 11.7. The Balaban J connectivity index is 1.54. The summed E-state index contributed by atoms with van der Waals surface area (Å²) in [5.41, 5.74) is 2.68. The van der Waals surface area contributed by atoms with Crippen LogP contribution in [0.2, 0.25) is 10.0 Å². The average Bonchev–Trinajstić information content (AvgIpc) is 3.31. The van der Waals surface area contributed by atoms with E-state index in [9.17, 15) is 9.59 Å². The summed E-state index contributed by atoms with van der Waals surface area (Å²) < 4.78 is 13.7. The number of benzene rings is 4. The molecule has 0 saturated heterocycles. The molecule has 2 heterocycles. The van der Waals surface area contributed by atoms with E-state index in [1.807, 2.05) is 78.9 Å². The number of hydrogen-bond donors (Lipinski definition) is 0. The molecule has 5 aromatic rings. The van der Waals surface area contributed by atoms with Crippen molar-refractivity contribution in [3.63, 3.8) is 0 Å². The van der Waals surface area contributed by atoms with Crippen LogP contribution in [-0.2, 0) is 16.1 Å². The van der Waals surface area contributed by atoms with Gasteiger partial charge in [-0.2, -0.15) is 0 Å². The van der Waals surface area contributed by atoms with Crippen molar-refractivity contribution >= 4 is 57.4 Å². The van der Waals surface area contributed by atoms with Crippen molar-refractivity contribution in [2.24, 2.45) is 4.99 Å². The summed E-state index contributed by atoms with van der Waals surface area (Å²) in [4.78, 5) is 32.6. The van der Waals surface area contributed by atoms with E-state index in [0.29, 0.717) is 36.4 Å². The third-order valence-electron chi connectivity index (χ3n) is 7.26. The smallest absolute Gasteiger partial charge is 0.338 e. The molecule has 4 aromatic carbocycles. The number of nitrogens with zero attached hydrogens (tertiary/aromatic N) is 2. The number of carbonyl (C=O) groups is 1. The lowest BCUT2D eigenvalue weighted by Crippen LogP contribution is -2.40. The molecular weight excluding hydrogens is 603 g/mol. The largest absolute Gasteiger partial charge is 0.488 e. The lowest BCUT2D eigenvalue weighted by Gasteiger charge is -2.25. The zero-order valence-corrected chi connectivity index (χ0v) is 25.7. The first-order chi connectivity index (χ1) is 20.9. The molecule has 1 aromatic heterocycles. The van der Waals surface area contributed by atoms with Gasteiger partial charge in [0.05, 0.1) is 22.4 Å². The van der Waals surface area contributed by atoms with Crippen molar-refractivity contribution in [1.82, 2.24) is 4.57 Å². The third-order valence-corrected chi connectivity index (χ3v) is 8.96. The molecule has 0 saturated carbocycles. The van der Waals surface area contributed by atoms with Gasteiger partial charge in [0.15, 0.2) is 4.80 Å². The number of carbonyl (C=O) groups excluding carboxylic acids is 1. The predicted octanol–water partition coefficient (Wildman–Crippen LogP) is 6.84. The number of allylic oxidation sites excluding steroid dienone is 1. The minimum Gasteiger partial charge on any atom is -0.488 e. The fraction of sp³-hybridized carbons (Fsp3) is 0.147. The van der Waals surface area contributed by atoms with E-state index in [2.05, 4.69) is 4.99 Å². The maximum absolute atomic E-state index is 14.2. The van der Waals surface area contributed by atoms with E-state index in [1.54, 1.807) is 26.0 Å². The molecule has 1 aliphatic heterocycles. The molecule has 0 radical (unpaired) electrons. The topological polar surface area (TPSA) is 69.9 Å². The van der Waals surface area contributed by atoms with Gasteiger partial charge in [-0.15, -0.1) is 0 Å². The molecule has 9 heteroatoms. The summed E-state index contributed by atoms with van der Waals surface area (Å²) in [6, 6.07) is 25.7. The molecule has 1 atom stereocenters. The van der Waals surface area contributed by atoms with Gasteiger partial charge in [0.2, 0.25) is 0 Å². The Kier molecular flexibility index (Phi) is 8.21. The molecule has 6 rings (SSSR count). The molecular formula is C34H26Cl2N2O4S. The number of halogens is 2. The maximum Gasteiger partial charge on any atom is 0.338 e. The van der Waals surface area contributed by atoms with Crippen LogP contribution in [0.4, 0.5) is 0 Å². The standard InChI is InChI=1S/C34H26Cl2N2O4S/c1-3-41-33(40)30-20(2)37-34-38(31(30)24-13-7-9-15-27(24)36)32(39)29(43-34)18-25-23-12-6-4-10-21(23)16-17-28(25)42-19-22-11-5-8-14-26(22)35/h4-18,31H,3,19H2,1-2H3/b29-18-/t31-/m1/s1. The summed E-state index contributed by atoms with van der Waals surface area (Å²) in [6.07, 6.45) is 1.83. The van der Waals surface area contributed by atoms with Gasteiger partial charge in [-0.1, -0.05) is 101 Å². The minimum atomic E-state index is -0.797. The first-order valence-corrected chi connectivity index (χ1v) is 15.3. The predicted molar refractivity (Wildman–Crippen MR) is 172 cm³/mol. The van der Waals surface area contributed by atoms with Gasteiger partial charge in [0.25, 0.3) is 5.56 Å². The Labute approximate surface area is 261 Å². The molecule has 6 nitrogen and oxygen atoms in total. The highest BCUT2D eigenvalue weighted by Gasteiger charge is 2.34. The fourth-order valence-electron chi connectivity index (χ4n) is 5.24. The Hall–Kier alpha value is -4.17. The molecule has 216 valence electrons. The second kappa shape index (κ2) is 12.2. The molecule has 0 spiro atoms. The molecule has 0 aliphatic carbocycles. The molecule has 0 amide bonds. The van der Waals surface area contributed by atoms with Crippen LogP contribution in [0.15, 0.2) is 106 Å². The van der Waals surface area contributed by atoms with Crippen LogP contribution >= 0.6 is 34.5 Å². The number of thiazole rings is 1. The van der Waals surface area contributed by atoms with Gasteiger partial charge in [-0.05, 0) is 54.5 Å². The SMILES string of the molecule is CCOC(=O)C1=C(C)N=c2s/c(=C\c3c(OCc4ccccc4Cl)ccc4ccccc34)c(=O)n2[C@@H]1c1ccccc1Cl. The number of esters is 1. The molecule has 0 fully saturated rings. The zero-order valence-electron chi connectivity index (χ0n) is 23.3. The lowest BCUT2D eigenvalue weighted by atomic mass is 9.96. The van der Waals surface area contributed by atoms with Crippen LogP contribution in [0.5, 0.6) is 5.75 Å². The Morgan fingerprint density at radius 2 is 1.70 bits per heavy atom. The molecule has 1 aliphatic rings. The van der Waals surface area contributed by atoms with Crippen molar-refractivity contribution in [1.29, 1.82) is 0 Å². The normalized spacial score (nSPS) is 14.9. The number of rotatable bonds is 7. The van der Waals surface area contributed by atoms with Crippen molar-refractivity contribution < 1.29 is 14.3 Å². The number of hydrogen-bond acceptors (Lipinski definition) is 6. The summed E-state index contributed by atoms with van der Waals surface area (Å²) in [5, 5.41) is 2.98.